The Balaban J connectivity index is 0.000000317. The maximum atomic E-state index is 8.36. The predicted molar refractivity (Wildman–Crippen MR) is 61.8 cm³/mol. The zero-order valence-electron chi connectivity index (χ0n) is 8.57. The Hall–Kier alpha value is -2.84. The van der Waals surface area contributed by atoms with Crippen molar-refractivity contribution in [2.75, 3.05) is 5.32 Å². The van der Waals surface area contributed by atoms with Crippen LogP contribution in [0, 0.1) is 10.1 Å². The Morgan fingerprint density at radius 1 is 1.29 bits per heavy atom. The van der Waals surface area contributed by atoms with Crippen LogP contribution in [-0.2, 0) is 0 Å². The molecule has 0 amide bonds. The van der Waals surface area contributed by atoms with Gasteiger partial charge in [0.05, 0.1) is 11.4 Å². The van der Waals surface area contributed by atoms with Crippen LogP contribution in [0.15, 0.2) is 34.3 Å². The molecule has 0 bridgehead atoms. The van der Waals surface area contributed by atoms with Crippen LogP contribution in [0.1, 0.15) is 0 Å². The van der Waals surface area contributed by atoms with E-state index in [0.717, 1.165) is 11.4 Å². The minimum atomic E-state index is -1.50. The lowest BCUT2D eigenvalue weighted by atomic mass is 10.3. The van der Waals surface area contributed by atoms with E-state index >= 15 is 0 Å². The molecular weight excluding hydrogens is 228 g/mol. The molecule has 1 aromatic carbocycles. The molecule has 17 heavy (non-hydrogen) atoms. The van der Waals surface area contributed by atoms with Crippen molar-refractivity contribution >= 4 is 23.3 Å². The second kappa shape index (κ2) is 5.30. The molecule has 0 radical (unpaired) electrons. The molecule has 0 fully saturated rings. The van der Waals surface area contributed by atoms with Crippen molar-refractivity contribution in [3.63, 3.8) is 0 Å². The van der Waals surface area contributed by atoms with Crippen molar-refractivity contribution < 1.29 is 10.3 Å². The molecule has 9 nitrogen and oxygen atoms in total. The highest BCUT2D eigenvalue weighted by atomic mass is 16.9. The first kappa shape index (κ1) is 12.2. The van der Waals surface area contributed by atoms with Gasteiger partial charge < -0.3 is 22.0 Å². The minimum absolute atomic E-state index is 0.162. The van der Waals surface area contributed by atoms with Crippen LogP contribution in [-0.4, -0.2) is 22.2 Å². The number of nitrogens with one attached hydrogen (secondary N) is 1. The number of para-hydroxylation sites is 2. The molecule has 9 heteroatoms. The minimum Gasteiger partial charge on any atom is -0.369 e. The summed E-state index contributed by atoms with van der Waals surface area (Å²) in [5.41, 5.74) is 12.5. The fourth-order valence-electron chi connectivity index (χ4n) is 1.11. The monoisotopic (exact) mass is 238 g/mol. The number of anilines is 1. The number of aliphatic imine (C=N–C) groups is 2. The van der Waals surface area contributed by atoms with Gasteiger partial charge in [-0.1, -0.05) is 12.1 Å². The second-order valence-electron chi connectivity index (χ2n) is 2.85. The van der Waals surface area contributed by atoms with Crippen LogP contribution in [0.4, 0.5) is 11.4 Å². The van der Waals surface area contributed by atoms with Crippen LogP contribution >= 0.6 is 0 Å². The normalized spacial score (nSPS) is 12.7. The Morgan fingerprint density at radius 3 is 2.53 bits per heavy atom. The van der Waals surface area contributed by atoms with Crippen molar-refractivity contribution in [3.8, 4) is 0 Å². The first-order chi connectivity index (χ1) is 7.99. The number of hydrogen-bond acceptors (Lipinski definition) is 7. The lowest BCUT2D eigenvalue weighted by Crippen LogP contribution is -2.24. The number of nitrogens with zero attached hydrogens (tertiary/aromatic N) is 3. The molecule has 0 saturated carbocycles. The first-order valence-corrected chi connectivity index (χ1v) is 4.36. The number of benzene rings is 1. The third-order valence-electron chi connectivity index (χ3n) is 1.64. The van der Waals surface area contributed by atoms with E-state index in [9.17, 15) is 0 Å². The molecule has 2 rings (SSSR count). The van der Waals surface area contributed by atoms with E-state index in [1.54, 1.807) is 0 Å². The third kappa shape index (κ3) is 4.03. The fourth-order valence-corrected chi connectivity index (χ4v) is 1.11. The van der Waals surface area contributed by atoms with Crippen molar-refractivity contribution in [3.05, 3.63) is 34.4 Å². The highest BCUT2D eigenvalue weighted by Crippen LogP contribution is 2.24. The van der Waals surface area contributed by atoms with E-state index in [1.807, 2.05) is 24.3 Å². The highest BCUT2D eigenvalue weighted by molar-refractivity contribution is 6.05. The van der Waals surface area contributed by atoms with Crippen LogP contribution in [0.25, 0.3) is 0 Å². The van der Waals surface area contributed by atoms with Gasteiger partial charge in [-0.3, -0.25) is 0 Å². The van der Waals surface area contributed by atoms with Crippen molar-refractivity contribution in [2.24, 2.45) is 21.5 Å². The number of guanidine groups is 2. The molecule has 0 aliphatic carbocycles. The average molecular weight is 238 g/mol. The van der Waals surface area contributed by atoms with Gasteiger partial charge in [0.1, 0.15) is 0 Å². The van der Waals surface area contributed by atoms with Gasteiger partial charge >= 0.3 is 0 Å². The van der Waals surface area contributed by atoms with E-state index in [1.165, 1.54) is 0 Å². The molecule has 1 aliphatic rings. The molecule has 1 aliphatic heterocycles. The quantitative estimate of drug-likeness (QED) is 0.369. The summed E-state index contributed by atoms with van der Waals surface area (Å²) in [7, 11) is 0. The maximum absolute atomic E-state index is 8.36. The van der Waals surface area contributed by atoms with E-state index in [2.05, 4.69) is 15.3 Å². The van der Waals surface area contributed by atoms with E-state index < -0.39 is 5.09 Å². The van der Waals surface area contributed by atoms with Gasteiger partial charge in [-0.15, -0.1) is 10.1 Å². The topological polar surface area (TPSA) is 152 Å². The van der Waals surface area contributed by atoms with Crippen LogP contribution in [0.3, 0.4) is 0 Å². The lowest BCUT2D eigenvalue weighted by Gasteiger charge is -2.03. The van der Waals surface area contributed by atoms with Gasteiger partial charge in [-0.05, 0) is 12.1 Å². The van der Waals surface area contributed by atoms with Gasteiger partial charge in [0, 0.05) is 0 Å². The molecule has 1 aromatic rings. The Bertz CT molecular complexity index is 480. The summed E-state index contributed by atoms with van der Waals surface area (Å²) in [6, 6.07) is 7.46. The van der Waals surface area contributed by atoms with E-state index in [-0.39, 0.29) is 11.9 Å². The number of hydrogen-bond donors (Lipinski definition) is 4. The standard InChI is InChI=1S/C8H9N5.HNO3/c9-7-11-5-3-1-2-4-6(5)12-8(10)13-7;2-1(3)4/h1-4H,(H5,9,10,11,12,13);(H,2,3,4). The van der Waals surface area contributed by atoms with Crippen LogP contribution in [0.2, 0.25) is 0 Å². The molecule has 90 valence electrons. The first-order valence-electron chi connectivity index (χ1n) is 4.36. The Kier molecular flexibility index (Phi) is 3.81. The molecular formula is C8H10N6O3. The summed E-state index contributed by atoms with van der Waals surface area (Å²) in [4.78, 5) is 16.2. The molecule has 0 aromatic heterocycles. The zero-order chi connectivity index (χ0) is 12.8. The summed E-state index contributed by atoms with van der Waals surface area (Å²) in [6.45, 7) is 0. The number of nitrogens with two attached hydrogens (primary N) is 2. The Morgan fingerprint density at radius 2 is 1.88 bits per heavy atom. The number of fused-ring (bicyclic) bond motifs is 1. The van der Waals surface area contributed by atoms with E-state index in [4.69, 9.17) is 26.8 Å². The second-order valence-corrected chi connectivity index (χ2v) is 2.85. The lowest BCUT2D eigenvalue weighted by molar-refractivity contribution is -0.742. The SMILES string of the molecule is NC1=Nc2ccccc2NC(N)=N1.O=[N+]([O-])O. The summed E-state index contributed by atoms with van der Waals surface area (Å²) in [6.07, 6.45) is 0. The van der Waals surface area contributed by atoms with Crippen molar-refractivity contribution in [1.29, 1.82) is 0 Å². The van der Waals surface area contributed by atoms with Crippen LogP contribution < -0.4 is 16.8 Å². The smallest absolute Gasteiger partial charge is 0.291 e. The fraction of sp³-hybridized carbons (Fsp3) is 0. The van der Waals surface area contributed by atoms with Gasteiger partial charge in [-0.25, -0.2) is 4.99 Å². The Labute approximate surface area is 95.6 Å². The largest absolute Gasteiger partial charge is 0.369 e. The van der Waals surface area contributed by atoms with Gasteiger partial charge in [-0.2, -0.15) is 4.99 Å². The molecule has 6 N–H and O–H groups in total. The van der Waals surface area contributed by atoms with Gasteiger partial charge in [0.15, 0.2) is 0 Å². The third-order valence-corrected chi connectivity index (χ3v) is 1.64. The average Bonchev–Trinajstić information content (AvgIpc) is 2.33. The molecule has 0 spiro atoms. The van der Waals surface area contributed by atoms with Gasteiger partial charge in [0.25, 0.3) is 5.09 Å². The molecule has 0 unspecified atom stereocenters. The van der Waals surface area contributed by atoms with Crippen molar-refractivity contribution in [2.45, 2.75) is 0 Å². The summed E-state index contributed by atoms with van der Waals surface area (Å²) >= 11 is 0. The van der Waals surface area contributed by atoms with E-state index in [0.29, 0.717) is 0 Å². The van der Waals surface area contributed by atoms with Crippen LogP contribution in [0.5, 0.6) is 0 Å². The summed E-state index contributed by atoms with van der Waals surface area (Å²) in [5.74, 6) is 0.418. The summed E-state index contributed by atoms with van der Waals surface area (Å²) < 4.78 is 0. The number of rotatable bonds is 0. The molecule has 0 atom stereocenters. The summed E-state index contributed by atoms with van der Waals surface area (Å²) in [5, 5.41) is 16.5. The maximum Gasteiger partial charge on any atom is 0.291 e. The van der Waals surface area contributed by atoms with Gasteiger partial charge in [0.2, 0.25) is 11.9 Å². The van der Waals surface area contributed by atoms with Crippen molar-refractivity contribution in [1.82, 2.24) is 0 Å². The zero-order valence-corrected chi connectivity index (χ0v) is 8.57. The predicted octanol–water partition coefficient (Wildman–Crippen LogP) is 0.0253. The molecule has 0 saturated heterocycles. The molecule has 1 heterocycles. The highest BCUT2D eigenvalue weighted by Gasteiger charge is 2.06.